The highest BCUT2D eigenvalue weighted by atomic mass is 16.5. The van der Waals surface area contributed by atoms with Crippen molar-refractivity contribution in [2.75, 3.05) is 44.7 Å². The zero-order chi connectivity index (χ0) is 15.1. The average Bonchev–Trinajstić information content (AvgIpc) is 2.75. The quantitative estimate of drug-likeness (QED) is 0.716. The second-order valence-corrected chi connectivity index (χ2v) is 5.09. The lowest BCUT2D eigenvalue weighted by Gasteiger charge is -2.24. The van der Waals surface area contributed by atoms with Gasteiger partial charge in [0.1, 0.15) is 5.75 Å². The normalized spacial score (nSPS) is 15.6. The lowest BCUT2D eigenvalue weighted by Crippen LogP contribution is -2.28. The Morgan fingerprint density at radius 1 is 1.43 bits per heavy atom. The van der Waals surface area contributed by atoms with E-state index in [1.165, 1.54) is 0 Å². The van der Waals surface area contributed by atoms with Gasteiger partial charge in [0.05, 0.1) is 19.3 Å². The Labute approximate surface area is 125 Å². The number of carboxylic acids is 1. The molecule has 1 aliphatic rings. The summed E-state index contributed by atoms with van der Waals surface area (Å²) < 4.78 is 5.50. The lowest BCUT2D eigenvalue weighted by molar-refractivity contribution is -0.135. The first kappa shape index (κ1) is 15.6. The summed E-state index contributed by atoms with van der Waals surface area (Å²) in [6.45, 7) is 4.49. The van der Waals surface area contributed by atoms with Gasteiger partial charge >= 0.3 is 5.97 Å². The molecule has 0 radical (unpaired) electrons. The fraction of sp³-hybridized carbons (Fsp3) is 0.533. The maximum atomic E-state index is 10.5. The summed E-state index contributed by atoms with van der Waals surface area (Å²) in [5, 5.41) is 14.9. The SMILES string of the molecule is COc1cc(CNCC(=O)O)ccc1N1CCCNCC1. The topological polar surface area (TPSA) is 73.8 Å². The van der Waals surface area contributed by atoms with Gasteiger partial charge in [-0.1, -0.05) is 6.07 Å². The summed E-state index contributed by atoms with van der Waals surface area (Å²) in [5.74, 6) is -0.0119. The molecule has 0 saturated carbocycles. The third kappa shape index (κ3) is 4.61. The Bertz CT molecular complexity index is 471. The first-order valence-corrected chi connectivity index (χ1v) is 7.26. The fourth-order valence-electron chi connectivity index (χ4n) is 2.49. The summed E-state index contributed by atoms with van der Waals surface area (Å²) in [6, 6.07) is 6.05. The third-order valence-corrected chi connectivity index (χ3v) is 3.53. The van der Waals surface area contributed by atoms with Crippen molar-refractivity contribution in [3.63, 3.8) is 0 Å². The van der Waals surface area contributed by atoms with Crippen LogP contribution in [-0.4, -0.2) is 50.9 Å². The molecule has 0 atom stereocenters. The second kappa shape index (κ2) is 7.85. The predicted molar refractivity (Wildman–Crippen MR) is 82.0 cm³/mol. The minimum atomic E-state index is -0.851. The average molecular weight is 293 g/mol. The van der Waals surface area contributed by atoms with Crippen LogP contribution in [0.2, 0.25) is 0 Å². The zero-order valence-electron chi connectivity index (χ0n) is 12.4. The molecule has 6 heteroatoms. The summed E-state index contributed by atoms with van der Waals surface area (Å²) >= 11 is 0. The van der Waals surface area contributed by atoms with Gasteiger partial charge in [0, 0.05) is 26.2 Å². The number of ether oxygens (including phenoxy) is 1. The molecule has 0 aromatic heterocycles. The Hall–Kier alpha value is -1.79. The fourth-order valence-corrected chi connectivity index (χ4v) is 2.49. The van der Waals surface area contributed by atoms with E-state index in [-0.39, 0.29) is 6.54 Å². The molecule has 1 aliphatic heterocycles. The highest BCUT2D eigenvalue weighted by Crippen LogP contribution is 2.29. The molecule has 0 aliphatic carbocycles. The molecule has 0 amide bonds. The molecular weight excluding hydrogens is 270 g/mol. The molecule has 3 N–H and O–H groups in total. The minimum Gasteiger partial charge on any atom is -0.495 e. The number of rotatable bonds is 6. The number of nitrogens with one attached hydrogen (secondary N) is 2. The minimum absolute atomic E-state index is 0.0398. The molecule has 1 aromatic carbocycles. The Balaban J connectivity index is 2.06. The number of nitrogens with zero attached hydrogens (tertiary/aromatic N) is 1. The van der Waals surface area contributed by atoms with Gasteiger partial charge in [0.25, 0.3) is 0 Å². The van der Waals surface area contributed by atoms with E-state index in [4.69, 9.17) is 9.84 Å². The largest absolute Gasteiger partial charge is 0.495 e. The highest BCUT2D eigenvalue weighted by molar-refractivity contribution is 5.69. The summed E-state index contributed by atoms with van der Waals surface area (Å²) in [4.78, 5) is 12.8. The maximum Gasteiger partial charge on any atom is 0.317 e. The first-order valence-electron chi connectivity index (χ1n) is 7.26. The van der Waals surface area contributed by atoms with E-state index < -0.39 is 5.97 Å². The molecule has 21 heavy (non-hydrogen) atoms. The van der Waals surface area contributed by atoms with Gasteiger partial charge in [-0.15, -0.1) is 0 Å². The van der Waals surface area contributed by atoms with Crippen molar-refractivity contribution < 1.29 is 14.6 Å². The Kier molecular flexibility index (Phi) is 5.83. The summed E-state index contributed by atoms with van der Waals surface area (Å²) in [7, 11) is 1.67. The number of hydrogen-bond donors (Lipinski definition) is 3. The molecule has 6 nitrogen and oxygen atoms in total. The molecule has 1 fully saturated rings. The van der Waals surface area contributed by atoms with Crippen LogP contribution >= 0.6 is 0 Å². The van der Waals surface area contributed by atoms with E-state index >= 15 is 0 Å². The van der Waals surface area contributed by atoms with Crippen LogP contribution in [0.5, 0.6) is 5.75 Å². The standard InChI is InChI=1S/C15H23N3O3/c1-21-14-9-12(10-17-11-15(19)20)3-4-13(14)18-7-2-5-16-6-8-18/h3-4,9,16-17H,2,5-8,10-11H2,1H3,(H,19,20). The van der Waals surface area contributed by atoms with E-state index in [0.717, 1.165) is 49.6 Å². The molecule has 1 heterocycles. The van der Waals surface area contributed by atoms with Gasteiger partial charge in [-0.25, -0.2) is 0 Å². The molecule has 116 valence electrons. The van der Waals surface area contributed by atoms with Crippen LogP contribution in [0.4, 0.5) is 5.69 Å². The van der Waals surface area contributed by atoms with E-state index in [2.05, 4.69) is 21.6 Å². The van der Waals surface area contributed by atoms with Crippen LogP contribution in [0.3, 0.4) is 0 Å². The molecule has 0 bridgehead atoms. The van der Waals surface area contributed by atoms with Gasteiger partial charge in [-0.2, -0.15) is 0 Å². The van der Waals surface area contributed by atoms with Crippen molar-refractivity contribution in [3.05, 3.63) is 23.8 Å². The molecule has 0 unspecified atom stereocenters. The highest BCUT2D eigenvalue weighted by Gasteiger charge is 2.14. The van der Waals surface area contributed by atoms with E-state index in [1.807, 2.05) is 12.1 Å². The van der Waals surface area contributed by atoms with Crippen molar-refractivity contribution in [2.24, 2.45) is 0 Å². The second-order valence-electron chi connectivity index (χ2n) is 5.09. The van der Waals surface area contributed by atoms with Crippen LogP contribution in [0.15, 0.2) is 18.2 Å². The molecule has 1 aromatic rings. The van der Waals surface area contributed by atoms with Gasteiger partial charge in [0.2, 0.25) is 0 Å². The van der Waals surface area contributed by atoms with Crippen LogP contribution < -0.4 is 20.3 Å². The van der Waals surface area contributed by atoms with E-state index in [9.17, 15) is 4.79 Å². The molecule has 0 spiro atoms. The van der Waals surface area contributed by atoms with Crippen molar-refractivity contribution in [1.82, 2.24) is 10.6 Å². The first-order chi connectivity index (χ1) is 10.2. The van der Waals surface area contributed by atoms with Crippen LogP contribution in [0.25, 0.3) is 0 Å². The van der Waals surface area contributed by atoms with Crippen LogP contribution in [0.1, 0.15) is 12.0 Å². The Morgan fingerprint density at radius 3 is 3.05 bits per heavy atom. The third-order valence-electron chi connectivity index (χ3n) is 3.53. The smallest absolute Gasteiger partial charge is 0.317 e. The van der Waals surface area contributed by atoms with Crippen molar-refractivity contribution in [2.45, 2.75) is 13.0 Å². The maximum absolute atomic E-state index is 10.5. The van der Waals surface area contributed by atoms with Crippen molar-refractivity contribution in [3.8, 4) is 5.75 Å². The molecule has 2 rings (SSSR count). The number of aliphatic carboxylic acids is 1. The van der Waals surface area contributed by atoms with Crippen LogP contribution in [0, 0.1) is 0 Å². The number of methoxy groups -OCH3 is 1. The van der Waals surface area contributed by atoms with Crippen molar-refractivity contribution >= 4 is 11.7 Å². The monoisotopic (exact) mass is 293 g/mol. The van der Waals surface area contributed by atoms with Crippen LogP contribution in [-0.2, 0) is 11.3 Å². The number of carbonyl (C=O) groups is 1. The van der Waals surface area contributed by atoms with E-state index in [1.54, 1.807) is 7.11 Å². The van der Waals surface area contributed by atoms with Gasteiger partial charge in [0.15, 0.2) is 0 Å². The van der Waals surface area contributed by atoms with Crippen molar-refractivity contribution in [1.29, 1.82) is 0 Å². The summed E-state index contributed by atoms with van der Waals surface area (Å²) in [6.07, 6.45) is 1.12. The van der Waals surface area contributed by atoms with Gasteiger partial charge in [-0.3, -0.25) is 4.79 Å². The number of carboxylic acid groups (broad SMARTS) is 1. The molecular formula is C15H23N3O3. The lowest BCUT2D eigenvalue weighted by atomic mass is 10.1. The molecule has 1 saturated heterocycles. The van der Waals surface area contributed by atoms with E-state index in [0.29, 0.717) is 6.54 Å². The van der Waals surface area contributed by atoms with Gasteiger partial charge < -0.3 is 25.4 Å². The number of anilines is 1. The Morgan fingerprint density at radius 2 is 2.29 bits per heavy atom. The number of benzene rings is 1. The van der Waals surface area contributed by atoms with Gasteiger partial charge in [-0.05, 0) is 30.7 Å². The predicted octanol–water partition coefficient (Wildman–Crippen LogP) is 0.669. The number of hydrogen-bond acceptors (Lipinski definition) is 5. The zero-order valence-corrected chi connectivity index (χ0v) is 12.4. The summed E-state index contributed by atoms with van der Waals surface area (Å²) in [5.41, 5.74) is 2.12.